The van der Waals surface area contributed by atoms with Gasteiger partial charge in [-0.1, -0.05) is 24.3 Å². The molecule has 0 spiro atoms. The van der Waals surface area contributed by atoms with Gasteiger partial charge in [0.25, 0.3) is 0 Å². The first kappa shape index (κ1) is 23.5. The van der Waals surface area contributed by atoms with Crippen molar-refractivity contribution in [3.63, 3.8) is 0 Å². The van der Waals surface area contributed by atoms with E-state index in [4.69, 9.17) is 4.42 Å². The molecular weight excluding hydrogens is 437 g/mol. The Balaban J connectivity index is 1.21. The number of aryl methyl sites for hydroxylation is 1. The SMILES string of the molecule is Cc1oc(-c2ccc(CN3CCCC3)cc2)nc1CSCC(=O)NCCc1ccc(F)cc1. The number of amides is 1. The number of likely N-dealkylation sites (tertiary alicyclic amines) is 1. The molecular formula is C26H30FN3O2S. The molecule has 5 nitrogen and oxygen atoms in total. The average molecular weight is 468 g/mol. The van der Waals surface area contributed by atoms with E-state index < -0.39 is 0 Å². The van der Waals surface area contributed by atoms with Gasteiger partial charge in [-0.15, -0.1) is 11.8 Å². The number of oxazole rings is 1. The Labute approximate surface area is 198 Å². The van der Waals surface area contributed by atoms with Crippen molar-refractivity contribution in [1.29, 1.82) is 0 Å². The van der Waals surface area contributed by atoms with Crippen LogP contribution in [0.3, 0.4) is 0 Å². The topological polar surface area (TPSA) is 58.4 Å². The van der Waals surface area contributed by atoms with Gasteiger partial charge in [-0.05, 0) is 74.7 Å². The molecule has 3 aromatic rings. The molecule has 1 fully saturated rings. The number of thioether (sulfide) groups is 1. The molecule has 0 atom stereocenters. The molecule has 0 saturated carbocycles. The lowest BCUT2D eigenvalue weighted by molar-refractivity contribution is -0.118. The summed E-state index contributed by atoms with van der Waals surface area (Å²) in [6.45, 7) is 5.82. The maximum Gasteiger partial charge on any atom is 0.230 e. The Hall–Kier alpha value is -2.64. The number of hydrogen-bond donors (Lipinski definition) is 1. The minimum absolute atomic E-state index is 0.0166. The number of carbonyl (C=O) groups is 1. The zero-order chi connectivity index (χ0) is 23.0. The van der Waals surface area contributed by atoms with Crippen LogP contribution in [-0.2, 0) is 23.5 Å². The Bertz CT molecular complexity index is 1040. The fourth-order valence-electron chi connectivity index (χ4n) is 3.93. The molecule has 0 bridgehead atoms. The predicted molar refractivity (Wildman–Crippen MR) is 130 cm³/mol. The fourth-order valence-corrected chi connectivity index (χ4v) is 4.78. The Morgan fingerprint density at radius 3 is 2.52 bits per heavy atom. The standard InChI is InChI=1S/C26H30FN3O2S/c1-19-24(17-33-18-25(31)28-13-12-20-6-10-23(27)11-7-20)29-26(32-19)22-8-4-21(5-9-22)16-30-14-2-3-15-30/h4-11H,2-3,12-18H2,1H3,(H,28,31). The van der Waals surface area contributed by atoms with Crippen LogP contribution < -0.4 is 5.32 Å². The molecule has 1 saturated heterocycles. The summed E-state index contributed by atoms with van der Waals surface area (Å²) >= 11 is 1.52. The van der Waals surface area contributed by atoms with E-state index in [0.29, 0.717) is 30.4 Å². The van der Waals surface area contributed by atoms with Crippen LogP contribution in [0.4, 0.5) is 4.39 Å². The van der Waals surface area contributed by atoms with Crippen molar-refractivity contribution in [2.45, 2.75) is 38.5 Å². The van der Waals surface area contributed by atoms with Crippen LogP contribution in [0.25, 0.3) is 11.5 Å². The highest BCUT2D eigenvalue weighted by Gasteiger charge is 2.14. The van der Waals surface area contributed by atoms with Gasteiger partial charge in [0.1, 0.15) is 11.6 Å². The first-order valence-corrected chi connectivity index (χ1v) is 12.6. The Morgan fingerprint density at radius 1 is 1.09 bits per heavy atom. The van der Waals surface area contributed by atoms with E-state index >= 15 is 0 Å². The van der Waals surface area contributed by atoms with Gasteiger partial charge in [-0.2, -0.15) is 0 Å². The van der Waals surface area contributed by atoms with Crippen LogP contribution in [0.2, 0.25) is 0 Å². The third kappa shape index (κ3) is 6.92. The molecule has 0 aliphatic carbocycles. The zero-order valence-electron chi connectivity index (χ0n) is 19.0. The molecule has 1 amide bonds. The number of aromatic nitrogens is 1. The minimum atomic E-state index is -0.250. The highest BCUT2D eigenvalue weighted by Crippen LogP contribution is 2.25. The molecule has 1 aliphatic heterocycles. The van der Waals surface area contributed by atoms with Gasteiger partial charge in [-0.3, -0.25) is 9.69 Å². The lowest BCUT2D eigenvalue weighted by Gasteiger charge is -2.14. The quantitative estimate of drug-likeness (QED) is 0.456. The van der Waals surface area contributed by atoms with Crippen molar-refractivity contribution >= 4 is 17.7 Å². The maximum absolute atomic E-state index is 12.9. The van der Waals surface area contributed by atoms with Crippen molar-refractivity contribution < 1.29 is 13.6 Å². The van der Waals surface area contributed by atoms with Crippen molar-refractivity contribution in [1.82, 2.24) is 15.2 Å². The molecule has 1 N–H and O–H groups in total. The Kier molecular flexibility index (Phi) is 8.18. The first-order valence-electron chi connectivity index (χ1n) is 11.4. The van der Waals surface area contributed by atoms with E-state index in [1.807, 2.05) is 6.92 Å². The third-order valence-corrected chi connectivity index (χ3v) is 6.76. The normalized spacial score (nSPS) is 14.0. The molecule has 7 heteroatoms. The van der Waals surface area contributed by atoms with Crippen LogP contribution in [0.1, 0.15) is 35.4 Å². The van der Waals surface area contributed by atoms with Crippen LogP contribution >= 0.6 is 11.8 Å². The van der Waals surface area contributed by atoms with Crippen LogP contribution in [0.5, 0.6) is 0 Å². The molecule has 1 aliphatic rings. The van der Waals surface area contributed by atoms with E-state index in [0.717, 1.165) is 29.1 Å². The second-order valence-corrected chi connectivity index (χ2v) is 9.41. The van der Waals surface area contributed by atoms with Gasteiger partial charge in [-0.25, -0.2) is 9.37 Å². The number of hydrogen-bond acceptors (Lipinski definition) is 5. The van der Waals surface area contributed by atoms with Crippen molar-refractivity contribution in [2.24, 2.45) is 0 Å². The van der Waals surface area contributed by atoms with E-state index in [1.54, 1.807) is 12.1 Å². The van der Waals surface area contributed by atoms with E-state index in [-0.39, 0.29) is 11.7 Å². The monoisotopic (exact) mass is 467 g/mol. The van der Waals surface area contributed by atoms with Gasteiger partial charge in [0, 0.05) is 24.4 Å². The average Bonchev–Trinajstić information content (AvgIpc) is 3.45. The van der Waals surface area contributed by atoms with Crippen molar-refractivity contribution in [2.75, 3.05) is 25.4 Å². The van der Waals surface area contributed by atoms with Gasteiger partial charge in [0.2, 0.25) is 11.8 Å². The number of nitrogens with zero attached hydrogens (tertiary/aromatic N) is 2. The number of nitrogens with one attached hydrogen (secondary N) is 1. The maximum atomic E-state index is 12.9. The summed E-state index contributed by atoms with van der Waals surface area (Å²) in [5.74, 6) is 2.12. The molecule has 33 heavy (non-hydrogen) atoms. The molecule has 0 unspecified atom stereocenters. The number of carbonyl (C=O) groups excluding carboxylic acids is 1. The highest BCUT2D eigenvalue weighted by atomic mass is 32.2. The van der Waals surface area contributed by atoms with Crippen molar-refractivity contribution in [3.05, 3.63) is 76.9 Å². The van der Waals surface area contributed by atoms with E-state index in [1.165, 1.54) is 55.4 Å². The molecule has 0 radical (unpaired) electrons. The number of rotatable bonds is 10. The summed E-state index contributed by atoms with van der Waals surface area (Å²) < 4.78 is 18.8. The second-order valence-electron chi connectivity index (χ2n) is 8.42. The van der Waals surface area contributed by atoms with Gasteiger partial charge >= 0.3 is 0 Å². The molecule has 2 heterocycles. The minimum Gasteiger partial charge on any atom is -0.441 e. The van der Waals surface area contributed by atoms with Gasteiger partial charge in [0.15, 0.2) is 0 Å². The summed E-state index contributed by atoms with van der Waals surface area (Å²) in [5.41, 5.74) is 4.15. The Morgan fingerprint density at radius 2 is 1.79 bits per heavy atom. The predicted octanol–water partition coefficient (Wildman–Crippen LogP) is 4.98. The first-order chi connectivity index (χ1) is 16.1. The van der Waals surface area contributed by atoms with Crippen LogP contribution in [0.15, 0.2) is 52.9 Å². The summed E-state index contributed by atoms with van der Waals surface area (Å²) in [4.78, 5) is 19.2. The van der Waals surface area contributed by atoms with Crippen LogP contribution in [0, 0.1) is 12.7 Å². The highest BCUT2D eigenvalue weighted by molar-refractivity contribution is 7.99. The largest absolute Gasteiger partial charge is 0.441 e. The summed E-state index contributed by atoms with van der Waals surface area (Å²) in [7, 11) is 0. The zero-order valence-corrected chi connectivity index (χ0v) is 19.8. The fraction of sp³-hybridized carbons (Fsp3) is 0.385. The lowest BCUT2D eigenvalue weighted by Crippen LogP contribution is -2.27. The lowest BCUT2D eigenvalue weighted by atomic mass is 10.1. The number of benzene rings is 2. The second kappa shape index (κ2) is 11.5. The smallest absolute Gasteiger partial charge is 0.230 e. The third-order valence-electron chi connectivity index (χ3n) is 5.82. The van der Waals surface area contributed by atoms with Crippen LogP contribution in [-0.4, -0.2) is 41.2 Å². The van der Waals surface area contributed by atoms with Gasteiger partial charge < -0.3 is 9.73 Å². The molecule has 174 valence electrons. The molecule has 4 rings (SSSR count). The summed E-state index contributed by atoms with van der Waals surface area (Å²) in [5, 5.41) is 2.91. The van der Waals surface area contributed by atoms with Gasteiger partial charge in [0.05, 0.1) is 11.4 Å². The molecule has 1 aromatic heterocycles. The summed E-state index contributed by atoms with van der Waals surface area (Å²) in [6, 6.07) is 14.8. The van der Waals surface area contributed by atoms with Crippen molar-refractivity contribution in [3.8, 4) is 11.5 Å². The van der Waals surface area contributed by atoms with E-state index in [2.05, 4.69) is 39.5 Å². The molecule has 2 aromatic carbocycles. The summed E-state index contributed by atoms with van der Waals surface area (Å²) in [6.07, 6.45) is 3.28. The van der Waals surface area contributed by atoms with E-state index in [9.17, 15) is 9.18 Å². The number of halogens is 1.